The van der Waals surface area contributed by atoms with E-state index >= 15 is 0 Å². The molecule has 12 rings (SSSR count). The third kappa shape index (κ3) is 5.51. The van der Waals surface area contributed by atoms with Gasteiger partial charge in [-0.1, -0.05) is 147 Å². The molecule has 1 aliphatic carbocycles. The Labute approximate surface area is 361 Å². The van der Waals surface area contributed by atoms with E-state index < -0.39 is 0 Å². The highest BCUT2D eigenvalue weighted by molar-refractivity contribution is 6.11. The van der Waals surface area contributed by atoms with Gasteiger partial charge in [-0.3, -0.25) is 0 Å². The third-order valence-electron chi connectivity index (χ3n) is 13.3. The second-order valence-corrected chi connectivity index (χ2v) is 17.4. The number of hydrogen-bond donors (Lipinski definition) is 0. The van der Waals surface area contributed by atoms with E-state index in [1.807, 2.05) is 18.2 Å². The Balaban J connectivity index is 0.901. The average Bonchev–Trinajstić information content (AvgIpc) is 3.95. The maximum Gasteiger partial charge on any atom is 0.143 e. The smallest absolute Gasteiger partial charge is 0.143 e. The molecule has 0 fully saturated rings. The van der Waals surface area contributed by atoms with E-state index in [1.54, 1.807) is 0 Å². The Morgan fingerprint density at radius 2 is 0.823 bits per heavy atom. The lowest BCUT2D eigenvalue weighted by molar-refractivity contribution is 0.660. The zero-order chi connectivity index (χ0) is 41.7. The van der Waals surface area contributed by atoms with Crippen LogP contribution in [0.1, 0.15) is 36.1 Å². The molecule has 11 aromatic rings. The van der Waals surface area contributed by atoms with Gasteiger partial charge in [-0.25, -0.2) is 0 Å². The summed E-state index contributed by atoms with van der Waals surface area (Å²) in [6.07, 6.45) is 0. The van der Waals surface area contributed by atoms with E-state index in [4.69, 9.17) is 8.83 Å². The highest BCUT2D eigenvalue weighted by atomic mass is 16.3. The van der Waals surface area contributed by atoms with E-state index in [9.17, 15) is 0 Å². The lowest BCUT2D eigenvalue weighted by Gasteiger charge is -2.28. The lowest BCUT2D eigenvalue weighted by atomic mass is 9.81. The summed E-state index contributed by atoms with van der Waals surface area (Å²) in [5.74, 6) is 0. The van der Waals surface area contributed by atoms with Crippen LogP contribution in [0.3, 0.4) is 0 Å². The Kier molecular flexibility index (Phi) is 8.01. The summed E-state index contributed by atoms with van der Waals surface area (Å²) in [5, 5.41) is 4.59. The molecule has 0 saturated carbocycles. The summed E-state index contributed by atoms with van der Waals surface area (Å²) in [4.78, 5) is 2.40. The summed E-state index contributed by atoms with van der Waals surface area (Å²) >= 11 is 0. The van der Waals surface area contributed by atoms with Crippen molar-refractivity contribution in [1.29, 1.82) is 0 Å². The lowest BCUT2D eigenvalue weighted by Crippen LogP contribution is -2.16. The average molecular weight is 798 g/mol. The van der Waals surface area contributed by atoms with Gasteiger partial charge in [-0.05, 0) is 124 Å². The van der Waals surface area contributed by atoms with Gasteiger partial charge in [-0.15, -0.1) is 0 Å². The first-order valence-corrected chi connectivity index (χ1v) is 21.5. The standard InChI is InChI=1S/C59H43NO2/c1-36-32-38(45-18-12-20-51-49-16-8-10-22-55(49)61-57(45)51)24-28-43(36)44-30-26-41(33-37(44)2)60(40-14-6-5-7-15-40)42-27-31-48-47-29-25-39(34-53(47)59(3,4)54(48)35-42)46-19-13-21-52-50-17-9-11-23-56(50)62-58(46)52/h5-35H,1-4H3. The van der Waals surface area contributed by atoms with Gasteiger partial charge in [0.2, 0.25) is 0 Å². The largest absolute Gasteiger partial charge is 0.455 e. The second-order valence-electron chi connectivity index (χ2n) is 17.4. The van der Waals surface area contributed by atoms with Gasteiger partial charge < -0.3 is 13.7 Å². The van der Waals surface area contributed by atoms with Crippen molar-refractivity contribution in [2.75, 3.05) is 4.90 Å². The Hall–Kier alpha value is -7.62. The first kappa shape index (κ1) is 36.2. The van der Waals surface area contributed by atoms with Crippen LogP contribution >= 0.6 is 0 Å². The number of furan rings is 2. The quantitative estimate of drug-likeness (QED) is 0.168. The van der Waals surface area contributed by atoms with Crippen molar-refractivity contribution in [3.63, 3.8) is 0 Å². The molecule has 0 bridgehead atoms. The van der Waals surface area contributed by atoms with Crippen molar-refractivity contribution in [2.24, 2.45) is 0 Å². The van der Waals surface area contributed by atoms with Crippen LogP contribution in [0, 0.1) is 13.8 Å². The van der Waals surface area contributed by atoms with Gasteiger partial charge in [0.25, 0.3) is 0 Å². The molecule has 62 heavy (non-hydrogen) atoms. The number of nitrogens with zero attached hydrogens (tertiary/aromatic N) is 1. The minimum Gasteiger partial charge on any atom is -0.455 e. The van der Waals surface area contributed by atoms with Crippen LogP contribution in [-0.2, 0) is 5.41 Å². The van der Waals surface area contributed by atoms with Gasteiger partial charge in [0.15, 0.2) is 0 Å². The zero-order valence-electron chi connectivity index (χ0n) is 35.2. The van der Waals surface area contributed by atoms with Crippen molar-refractivity contribution >= 4 is 60.9 Å². The van der Waals surface area contributed by atoms with E-state index in [-0.39, 0.29) is 5.41 Å². The molecular formula is C59H43NO2. The molecule has 3 heteroatoms. The summed E-state index contributed by atoms with van der Waals surface area (Å²) in [6.45, 7) is 9.18. The first-order valence-electron chi connectivity index (χ1n) is 21.5. The van der Waals surface area contributed by atoms with Crippen LogP contribution in [0.25, 0.3) is 88.4 Å². The SMILES string of the molecule is Cc1cc(-c2cccc3c2oc2ccccc23)ccc1-c1ccc(N(c2ccccc2)c2ccc3c(c2)C(C)(C)c2cc(-c4cccc5c4oc4ccccc45)ccc2-3)cc1C. The van der Waals surface area contributed by atoms with Gasteiger partial charge in [0, 0.05) is 55.1 Å². The summed E-state index contributed by atoms with van der Waals surface area (Å²) in [6, 6.07) is 68.0. The molecule has 0 spiro atoms. The number of hydrogen-bond acceptors (Lipinski definition) is 3. The van der Waals surface area contributed by atoms with Crippen LogP contribution in [0.4, 0.5) is 17.1 Å². The van der Waals surface area contributed by atoms with Crippen LogP contribution in [0.5, 0.6) is 0 Å². The Morgan fingerprint density at radius 1 is 0.355 bits per heavy atom. The van der Waals surface area contributed by atoms with E-state index in [0.717, 1.165) is 77.6 Å². The number of para-hydroxylation sites is 5. The van der Waals surface area contributed by atoms with Crippen molar-refractivity contribution in [2.45, 2.75) is 33.1 Å². The van der Waals surface area contributed by atoms with Crippen LogP contribution in [-0.4, -0.2) is 0 Å². The fourth-order valence-corrected chi connectivity index (χ4v) is 10.2. The van der Waals surface area contributed by atoms with Gasteiger partial charge >= 0.3 is 0 Å². The molecule has 9 aromatic carbocycles. The van der Waals surface area contributed by atoms with Crippen LogP contribution in [0.2, 0.25) is 0 Å². The topological polar surface area (TPSA) is 29.5 Å². The van der Waals surface area contributed by atoms with Crippen molar-refractivity contribution in [1.82, 2.24) is 0 Å². The fraction of sp³-hybridized carbons (Fsp3) is 0.0847. The first-order chi connectivity index (χ1) is 30.3. The molecule has 0 radical (unpaired) electrons. The molecule has 2 heterocycles. The summed E-state index contributed by atoms with van der Waals surface area (Å²) < 4.78 is 12.9. The summed E-state index contributed by atoms with van der Waals surface area (Å²) in [7, 11) is 0. The Bertz CT molecular complexity index is 3590. The molecule has 2 aromatic heterocycles. The van der Waals surface area contributed by atoms with Gasteiger partial charge in [0.05, 0.1) is 0 Å². The Morgan fingerprint density at radius 3 is 1.42 bits per heavy atom. The molecule has 296 valence electrons. The van der Waals surface area contributed by atoms with Crippen LogP contribution < -0.4 is 4.90 Å². The minimum atomic E-state index is -0.222. The molecule has 0 atom stereocenters. The molecule has 0 amide bonds. The number of fused-ring (bicyclic) bond motifs is 9. The van der Waals surface area contributed by atoms with Crippen molar-refractivity contribution < 1.29 is 8.83 Å². The predicted octanol–water partition coefficient (Wildman–Crippen LogP) is 16.9. The normalized spacial score (nSPS) is 13.0. The molecule has 0 saturated heterocycles. The second kappa shape index (κ2) is 13.7. The molecule has 0 aliphatic heterocycles. The van der Waals surface area contributed by atoms with E-state index in [0.29, 0.717) is 0 Å². The maximum atomic E-state index is 6.48. The molecular weight excluding hydrogens is 755 g/mol. The van der Waals surface area contributed by atoms with Gasteiger partial charge in [0.1, 0.15) is 22.3 Å². The third-order valence-corrected chi connectivity index (χ3v) is 13.3. The monoisotopic (exact) mass is 797 g/mol. The zero-order valence-corrected chi connectivity index (χ0v) is 35.2. The molecule has 3 nitrogen and oxygen atoms in total. The number of rotatable bonds is 6. The number of benzene rings is 9. The minimum absolute atomic E-state index is 0.222. The molecule has 1 aliphatic rings. The predicted molar refractivity (Wildman–Crippen MR) is 259 cm³/mol. The fourth-order valence-electron chi connectivity index (χ4n) is 10.2. The van der Waals surface area contributed by atoms with Gasteiger partial charge in [-0.2, -0.15) is 0 Å². The highest BCUT2D eigenvalue weighted by Gasteiger charge is 2.36. The number of anilines is 3. The maximum absolute atomic E-state index is 6.48. The summed E-state index contributed by atoms with van der Waals surface area (Å²) in [5.41, 5.74) is 21.6. The highest BCUT2D eigenvalue weighted by Crippen LogP contribution is 2.52. The van der Waals surface area contributed by atoms with E-state index in [2.05, 4.69) is 202 Å². The van der Waals surface area contributed by atoms with Crippen molar-refractivity contribution in [3.05, 3.63) is 210 Å². The van der Waals surface area contributed by atoms with Crippen molar-refractivity contribution in [3.8, 4) is 44.5 Å². The number of aryl methyl sites for hydroxylation is 2. The van der Waals surface area contributed by atoms with E-state index in [1.165, 1.54) is 50.1 Å². The van der Waals surface area contributed by atoms with Crippen LogP contribution in [0.15, 0.2) is 197 Å². The molecule has 0 N–H and O–H groups in total. The molecule has 0 unspecified atom stereocenters.